The van der Waals surface area contributed by atoms with Crippen LogP contribution in [0.25, 0.3) is 0 Å². The molecule has 158 valence electrons. The lowest BCUT2D eigenvalue weighted by molar-refractivity contribution is -0.138. The molecule has 0 aromatic heterocycles. The van der Waals surface area contributed by atoms with E-state index in [9.17, 15) is 18.0 Å². The molecule has 9 heteroatoms. The molecule has 3 aliphatic rings. The van der Waals surface area contributed by atoms with Gasteiger partial charge in [-0.15, -0.1) is 0 Å². The minimum atomic E-state index is -4.47. The lowest BCUT2D eigenvalue weighted by Crippen LogP contribution is -2.53. The summed E-state index contributed by atoms with van der Waals surface area (Å²) in [6.45, 7) is 3.77. The molecule has 4 rings (SSSR count). The standard InChI is InChI=1S/C21H22F3N5O/c1-12-10-16(14-7-3-4-8-15(14)21(22,23)24)28-29-17(11-25-19(12)29)20(30)27-18-9-5-6-13(2)26-18/h3-11,13,16,19,25-26,28H,1-2H3,(H,27,30). The molecule has 6 nitrogen and oxygen atoms in total. The van der Waals surface area contributed by atoms with Crippen LogP contribution in [0.15, 0.2) is 71.9 Å². The van der Waals surface area contributed by atoms with E-state index >= 15 is 0 Å². The molecular formula is C21H22F3N5O. The second-order valence-electron chi connectivity index (χ2n) is 7.42. The van der Waals surface area contributed by atoms with Crippen molar-refractivity contribution in [1.82, 2.24) is 26.4 Å². The molecule has 3 heterocycles. The van der Waals surface area contributed by atoms with E-state index in [1.54, 1.807) is 29.4 Å². The number of benzene rings is 1. The summed E-state index contributed by atoms with van der Waals surface area (Å²) in [5.41, 5.74) is 3.55. The number of nitrogens with one attached hydrogen (secondary N) is 4. The molecule has 4 N–H and O–H groups in total. The normalized spacial score (nSPS) is 25.4. The van der Waals surface area contributed by atoms with Crippen molar-refractivity contribution in [2.45, 2.75) is 38.3 Å². The van der Waals surface area contributed by atoms with Crippen molar-refractivity contribution in [1.29, 1.82) is 0 Å². The topological polar surface area (TPSA) is 68.4 Å². The number of dihydropyridines is 1. The fourth-order valence-electron chi connectivity index (χ4n) is 3.75. The Morgan fingerprint density at radius 2 is 2.00 bits per heavy atom. The van der Waals surface area contributed by atoms with Crippen molar-refractivity contribution >= 4 is 5.91 Å². The van der Waals surface area contributed by atoms with Gasteiger partial charge in [0.2, 0.25) is 0 Å². The summed E-state index contributed by atoms with van der Waals surface area (Å²) in [5, 5.41) is 10.6. The maximum Gasteiger partial charge on any atom is 0.416 e. The van der Waals surface area contributed by atoms with Gasteiger partial charge >= 0.3 is 6.18 Å². The molecule has 0 saturated carbocycles. The molecule has 1 amide bonds. The highest BCUT2D eigenvalue weighted by atomic mass is 19.4. The molecule has 0 radical (unpaired) electrons. The Morgan fingerprint density at radius 1 is 1.23 bits per heavy atom. The van der Waals surface area contributed by atoms with Gasteiger partial charge in [-0.25, -0.2) is 5.43 Å². The molecule has 0 saturated heterocycles. The predicted molar refractivity (Wildman–Crippen MR) is 106 cm³/mol. The summed E-state index contributed by atoms with van der Waals surface area (Å²) in [6.07, 6.45) is 4.01. The van der Waals surface area contributed by atoms with E-state index in [0.717, 1.165) is 11.6 Å². The van der Waals surface area contributed by atoms with Gasteiger partial charge in [-0.3, -0.25) is 9.80 Å². The quantitative estimate of drug-likeness (QED) is 0.570. The lowest BCUT2D eigenvalue weighted by atomic mass is 9.96. The van der Waals surface area contributed by atoms with Crippen LogP contribution < -0.4 is 21.4 Å². The number of nitrogens with zero attached hydrogens (tertiary/aromatic N) is 1. The van der Waals surface area contributed by atoms with E-state index in [1.165, 1.54) is 12.1 Å². The Labute approximate surface area is 172 Å². The maximum atomic E-state index is 13.5. The fourth-order valence-corrected chi connectivity index (χ4v) is 3.75. The van der Waals surface area contributed by atoms with Gasteiger partial charge in [0.15, 0.2) is 0 Å². The Morgan fingerprint density at radius 3 is 2.73 bits per heavy atom. The van der Waals surface area contributed by atoms with Gasteiger partial charge in [-0.1, -0.05) is 36.4 Å². The van der Waals surface area contributed by atoms with Gasteiger partial charge in [0, 0.05) is 12.2 Å². The van der Waals surface area contributed by atoms with Crippen molar-refractivity contribution in [3.63, 3.8) is 0 Å². The maximum absolute atomic E-state index is 13.5. The third-order valence-electron chi connectivity index (χ3n) is 5.16. The number of fused-ring (bicyclic) bond motifs is 1. The van der Waals surface area contributed by atoms with Gasteiger partial charge in [0.1, 0.15) is 17.7 Å². The highest BCUT2D eigenvalue weighted by Gasteiger charge is 2.39. The number of hydrogen-bond donors (Lipinski definition) is 4. The van der Waals surface area contributed by atoms with E-state index in [1.807, 2.05) is 26.0 Å². The van der Waals surface area contributed by atoms with Crippen LogP contribution >= 0.6 is 0 Å². The largest absolute Gasteiger partial charge is 0.416 e. The first kappa shape index (κ1) is 20.1. The van der Waals surface area contributed by atoms with Crippen molar-refractivity contribution in [2.24, 2.45) is 0 Å². The van der Waals surface area contributed by atoms with Gasteiger partial charge in [-0.2, -0.15) is 13.2 Å². The average molecular weight is 417 g/mol. The Hall–Kier alpha value is -3.20. The lowest BCUT2D eigenvalue weighted by Gasteiger charge is -2.38. The first-order chi connectivity index (χ1) is 14.2. The Balaban J connectivity index is 1.57. The molecule has 3 unspecified atom stereocenters. The number of hydrazine groups is 1. The number of allylic oxidation sites excluding steroid dienone is 2. The molecule has 0 aliphatic carbocycles. The number of hydrogen-bond acceptors (Lipinski definition) is 5. The first-order valence-corrected chi connectivity index (χ1v) is 9.56. The molecule has 0 spiro atoms. The summed E-state index contributed by atoms with van der Waals surface area (Å²) in [6, 6.07) is 4.80. The van der Waals surface area contributed by atoms with Crippen LogP contribution in [0.5, 0.6) is 0 Å². The van der Waals surface area contributed by atoms with Crippen LogP contribution in [0, 0.1) is 0 Å². The molecule has 1 aromatic rings. The van der Waals surface area contributed by atoms with E-state index < -0.39 is 17.8 Å². The minimum absolute atomic E-state index is 0.0790. The van der Waals surface area contributed by atoms with E-state index in [4.69, 9.17) is 0 Å². The summed E-state index contributed by atoms with van der Waals surface area (Å²) >= 11 is 0. The summed E-state index contributed by atoms with van der Waals surface area (Å²) < 4.78 is 40.5. The van der Waals surface area contributed by atoms with Crippen LogP contribution in [0.4, 0.5) is 13.2 Å². The smallest absolute Gasteiger partial charge is 0.366 e. The van der Waals surface area contributed by atoms with Crippen molar-refractivity contribution in [3.8, 4) is 0 Å². The Bertz CT molecular complexity index is 979. The molecule has 0 fully saturated rings. The summed E-state index contributed by atoms with van der Waals surface area (Å²) in [4.78, 5) is 12.8. The minimum Gasteiger partial charge on any atom is -0.366 e. The summed E-state index contributed by atoms with van der Waals surface area (Å²) in [5.74, 6) is 0.180. The van der Waals surface area contributed by atoms with Crippen molar-refractivity contribution < 1.29 is 18.0 Å². The number of carbonyl (C=O) groups excluding carboxylic acids is 1. The van der Waals surface area contributed by atoms with Crippen LogP contribution in [0.3, 0.4) is 0 Å². The SMILES string of the molecule is CC1=CC(c2ccccc2C(F)(F)F)NN2C(C(=O)NC3=CC=CC(C)N3)=CNC12. The van der Waals surface area contributed by atoms with Gasteiger partial charge in [0.05, 0.1) is 11.6 Å². The third kappa shape index (κ3) is 3.80. The first-order valence-electron chi connectivity index (χ1n) is 9.56. The zero-order valence-corrected chi connectivity index (χ0v) is 16.4. The molecule has 3 atom stereocenters. The molecule has 1 aromatic carbocycles. The summed E-state index contributed by atoms with van der Waals surface area (Å²) in [7, 11) is 0. The molecule has 0 bridgehead atoms. The number of alkyl halides is 3. The molecule has 30 heavy (non-hydrogen) atoms. The monoisotopic (exact) mass is 417 g/mol. The van der Waals surface area contributed by atoms with Crippen LogP contribution in [-0.4, -0.2) is 23.1 Å². The second-order valence-corrected chi connectivity index (χ2v) is 7.42. The van der Waals surface area contributed by atoms with E-state index in [-0.39, 0.29) is 29.4 Å². The van der Waals surface area contributed by atoms with Crippen LogP contribution in [-0.2, 0) is 11.0 Å². The van der Waals surface area contributed by atoms with Gasteiger partial charge in [-0.05, 0) is 37.1 Å². The van der Waals surface area contributed by atoms with E-state index in [2.05, 4.69) is 21.4 Å². The Kier molecular flexibility index (Phi) is 5.07. The fraction of sp³-hybridized carbons (Fsp3) is 0.286. The second kappa shape index (κ2) is 7.56. The average Bonchev–Trinajstić information content (AvgIpc) is 3.12. The molecule has 3 aliphatic heterocycles. The predicted octanol–water partition coefficient (Wildman–Crippen LogP) is 2.79. The number of halogens is 3. The van der Waals surface area contributed by atoms with Crippen molar-refractivity contribution in [2.75, 3.05) is 0 Å². The zero-order chi connectivity index (χ0) is 21.5. The van der Waals surface area contributed by atoms with E-state index in [0.29, 0.717) is 5.82 Å². The van der Waals surface area contributed by atoms with Crippen LogP contribution in [0.1, 0.15) is 31.0 Å². The van der Waals surface area contributed by atoms with Gasteiger partial charge < -0.3 is 16.0 Å². The van der Waals surface area contributed by atoms with Crippen molar-refractivity contribution in [3.05, 3.63) is 83.0 Å². The number of carbonyl (C=O) groups is 1. The molecular weight excluding hydrogens is 395 g/mol. The number of amides is 1. The number of rotatable bonds is 3. The third-order valence-corrected chi connectivity index (χ3v) is 5.16. The highest BCUT2D eigenvalue weighted by Crippen LogP contribution is 2.37. The van der Waals surface area contributed by atoms with Crippen LogP contribution in [0.2, 0.25) is 0 Å². The highest BCUT2D eigenvalue weighted by molar-refractivity contribution is 5.94. The zero-order valence-electron chi connectivity index (χ0n) is 16.4. The van der Waals surface area contributed by atoms with Gasteiger partial charge in [0.25, 0.3) is 5.91 Å².